The van der Waals surface area contributed by atoms with Gasteiger partial charge >= 0.3 is 29.6 Å². The van der Waals surface area contributed by atoms with Gasteiger partial charge in [0, 0.05) is 55.0 Å². The van der Waals surface area contributed by atoms with Crippen molar-refractivity contribution in [2.24, 2.45) is 0 Å². The summed E-state index contributed by atoms with van der Waals surface area (Å²) in [5.74, 6) is 5.69. The maximum absolute atomic E-state index is 10.5. The molecular weight excluding hydrogens is 765 g/mol. The van der Waals surface area contributed by atoms with E-state index in [0.717, 1.165) is 88.8 Å². The number of thiol groups is 1. The molecule has 0 saturated heterocycles. The molecule has 0 aliphatic carbocycles. The number of halogens is 1. The number of hydrogen-bond donors (Lipinski definition) is 2. The Bertz CT molecular complexity index is 768. The van der Waals surface area contributed by atoms with E-state index in [2.05, 4.69) is 77.2 Å². The van der Waals surface area contributed by atoms with Crippen LogP contribution < -0.4 is 29.6 Å². The Morgan fingerprint density at radius 3 is 1.10 bits per heavy atom. The Morgan fingerprint density at radius 2 is 0.857 bits per heavy atom. The standard InChI is InChI=1S/C16H36N2OS2.C6H15NS.C6H14O7S2.C2H6O.ClH.Na.H/c1-5-17(6-2)9-13-20-15-11-19-12-16-21-14-10-18(7-3)8-4;1-3-7(4-2)5-6-8;1-14(7,8)12-5-3-11-4-6-13-15(2,9)10;1-2-3;;;/h5-16H2,1-4H3;8H,3-6H2,1-2H3;3-6H2,1-2H3;3H,2H2,1H3;1H;;/q;;;;;+1;-1. The molecule has 1 N–H and O–H groups in total. The fourth-order valence-electron chi connectivity index (χ4n) is 3.28. The third kappa shape index (κ3) is 62.2. The third-order valence-electron chi connectivity index (χ3n) is 6.00. The van der Waals surface area contributed by atoms with Crippen LogP contribution in [0.5, 0.6) is 0 Å². The number of aliphatic hydroxyl groups is 1. The van der Waals surface area contributed by atoms with Crippen LogP contribution in [0.2, 0.25) is 0 Å². The average molecular weight is 839 g/mol. The zero-order valence-electron chi connectivity index (χ0n) is 33.4. The van der Waals surface area contributed by atoms with Crippen molar-refractivity contribution < 1.29 is 70.8 Å². The van der Waals surface area contributed by atoms with Crippen LogP contribution in [0.15, 0.2) is 0 Å². The van der Waals surface area contributed by atoms with Crippen LogP contribution in [0.4, 0.5) is 0 Å². The third-order valence-corrected chi connectivity index (χ3v) is 9.24. The topological polar surface area (TPSA) is 135 Å². The summed E-state index contributed by atoms with van der Waals surface area (Å²) in [5, 5.41) is 7.57. The van der Waals surface area contributed by atoms with Gasteiger partial charge in [-0.05, 0) is 46.2 Å². The molecule has 0 aromatic carbocycles. The van der Waals surface area contributed by atoms with E-state index in [9.17, 15) is 16.8 Å². The number of thioether (sulfide) groups is 2. The van der Waals surface area contributed by atoms with Crippen molar-refractivity contribution in [3.05, 3.63) is 0 Å². The molecule has 0 heterocycles. The van der Waals surface area contributed by atoms with Gasteiger partial charge in [-0.2, -0.15) is 53.0 Å². The Morgan fingerprint density at radius 1 is 0.571 bits per heavy atom. The summed E-state index contributed by atoms with van der Waals surface area (Å²) in [4.78, 5) is 7.30. The predicted octanol–water partition coefficient (Wildman–Crippen LogP) is 0.903. The van der Waals surface area contributed by atoms with Crippen LogP contribution in [0.1, 0.15) is 49.9 Å². The quantitative estimate of drug-likeness (QED) is 0.0501. The van der Waals surface area contributed by atoms with Gasteiger partial charge in [-0.15, -0.1) is 12.4 Å². The summed E-state index contributed by atoms with van der Waals surface area (Å²) in [6, 6.07) is 0. The molecule has 0 bridgehead atoms. The molecular formula is C30H73ClN3NaO9S5. The van der Waals surface area contributed by atoms with E-state index >= 15 is 0 Å². The average Bonchev–Trinajstić information content (AvgIpc) is 3.02. The summed E-state index contributed by atoms with van der Waals surface area (Å²) in [6.45, 7) is 27.4. The molecule has 0 aromatic heterocycles. The van der Waals surface area contributed by atoms with Gasteiger partial charge in [-0.25, -0.2) is 0 Å². The van der Waals surface area contributed by atoms with Crippen LogP contribution in [0.25, 0.3) is 0 Å². The van der Waals surface area contributed by atoms with Crippen molar-refractivity contribution in [3.63, 3.8) is 0 Å². The van der Waals surface area contributed by atoms with Crippen molar-refractivity contribution in [2.75, 3.05) is 146 Å². The minimum absolute atomic E-state index is 0. The Labute approximate surface area is 346 Å². The summed E-state index contributed by atoms with van der Waals surface area (Å²) in [7, 11) is -6.89. The van der Waals surface area contributed by atoms with Gasteiger partial charge in [0.25, 0.3) is 20.2 Å². The monoisotopic (exact) mass is 837 g/mol. The molecule has 19 heteroatoms. The van der Waals surface area contributed by atoms with E-state index in [4.69, 9.17) is 14.6 Å². The fourth-order valence-corrected chi connectivity index (χ4v) is 5.96. The molecule has 0 aliphatic rings. The Kier molecular flexibility index (Phi) is 61.5. The molecule has 0 fully saturated rings. The molecule has 12 nitrogen and oxygen atoms in total. The SMILES string of the molecule is CCN(CC)CCS.CCN(CC)CCSCCOCCSCCN(CC)CC.CCO.CS(=O)(=O)OCCOCCOS(C)(=O)=O.Cl.[H-].[Na+]. The van der Waals surface area contributed by atoms with E-state index in [1.54, 1.807) is 6.92 Å². The summed E-state index contributed by atoms with van der Waals surface area (Å²) in [6.07, 6.45) is 1.86. The maximum Gasteiger partial charge on any atom is 1.00 e. The molecule has 0 unspecified atom stereocenters. The van der Waals surface area contributed by atoms with Crippen molar-refractivity contribution in [2.45, 2.75) is 48.5 Å². The first-order chi connectivity index (χ1) is 22.2. The molecule has 0 radical (unpaired) electrons. The fraction of sp³-hybridized carbons (Fsp3) is 1.00. The molecule has 0 aromatic rings. The minimum atomic E-state index is -3.45. The molecule has 49 heavy (non-hydrogen) atoms. The first-order valence-corrected chi connectivity index (χ1v) is 23.2. The van der Waals surface area contributed by atoms with Crippen molar-refractivity contribution in [3.8, 4) is 0 Å². The van der Waals surface area contributed by atoms with Gasteiger partial charge < -0.3 is 30.7 Å². The first kappa shape index (κ1) is 62.9. The first-order valence-electron chi connectivity index (χ1n) is 16.6. The van der Waals surface area contributed by atoms with Gasteiger partial charge in [0.2, 0.25) is 0 Å². The summed E-state index contributed by atoms with van der Waals surface area (Å²) in [5.41, 5.74) is 0. The van der Waals surface area contributed by atoms with Gasteiger partial charge in [0.1, 0.15) is 0 Å². The van der Waals surface area contributed by atoms with E-state index in [0.29, 0.717) is 0 Å². The normalized spacial score (nSPS) is 11.1. The van der Waals surface area contributed by atoms with Gasteiger partial charge in [0.05, 0.1) is 52.2 Å². The molecule has 0 aliphatic heterocycles. The second-order valence-corrected chi connectivity index (χ2v) is 15.8. The van der Waals surface area contributed by atoms with Crippen molar-refractivity contribution in [1.82, 2.24) is 14.7 Å². The molecule has 0 rings (SSSR count). The molecule has 300 valence electrons. The van der Waals surface area contributed by atoms with E-state index in [1.807, 2.05) is 23.5 Å². The van der Waals surface area contributed by atoms with Crippen LogP contribution in [-0.2, 0) is 38.1 Å². The smallest absolute Gasteiger partial charge is 1.00 e. The second-order valence-electron chi connectivity index (χ2n) is 9.62. The van der Waals surface area contributed by atoms with Crippen LogP contribution in [0.3, 0.4) is 0 Å². The predicted molar refractivity (Wildman–Crippen MR) is 216 cm³/mol. The number of ether oxygens (including phenoxy) is 2. The number of aliphatic hydroxyl groups excluding tert-OH is 1. The zero-order valence-corrected chi connectivity index (χ0v) is 39.4. The van der Waals surface area contributed by atoms with Crippen LogP contribution >= 0.6 is 48.6 Å². The zero-order chi connectivity index (χ0) is 36.8. The van der Waals surface area contributed by atoms with Gasteiger partial charge in [-0.3, -0.25) is 8.37 Å². The molecule has 0 atom stereocenters. The Hall–Kier alpha value is 1.92. The van der Waals surface area contributed by atoms with Gasteiger partial charge in [0.15, 0.2) is 0 Å². The largest absolute Gasteiger partial charge is 1.00 e. The second kappa shape index (κ2) is 47.9. The van der Waals surface area contributed by atoms with E-state index in [-0.39, 0.29) is 76.4 Å². The van der Waals surface area contributed by atoms with Crippen molar-refractivity contribution in [1.29, 1.82) is 0 Å². The number of nitrogens with zero attached hydrogens (tertiary/aromatic N) is 3. The molecule has 0 amide bonds. The maximum atomic E-state index is 10.5. The van der Waals surface area contributed by atoms with Crippen LogP contribution in [-0.4, -0.2) is 183 Å². The minimum Gasteiger partial charge on any atom is -1.00 e. The molecule has 0 saturated carbocycles. The van der Waals surface area contributed by atoms with Crippen molar-refractivity contribution >= 4 is 68.8 Å². The van der Waals surface area contributed by atoms with Gasteiger partial charge in [-0.1, -0.05) is 41.5 Å². The van der Waals surface area contributed by atoms with Crippen LogP contribution in [0, 0.1) is 0 Å². The number of rotatable bonds is 28. The molecule has 0 spiro atoms. The van der Waals surface area contributed by atoms with E-state index in [1.165, 1.54) is 24.6 Å². The summed E-state index contributed by atoms with van der Waals surface area (Å²) >= 11 is 8.15. The van der Waals surface area contributed by atoms with E-state index < -0.39 is 20.2 Å². The number of hydrogen-bond acceptors (Lipinski definition) is 15. The summed E-state index contributed by atoms with van der Waals surface area (Å²) < 4.78 is 61.1. The Balaban J connectivity index is -0.000000112.